The van der Waals surface area contributed by atoms with Gasteiger partial charge in [0.05, 0.1) is 0 Å². The molecule has 1 saturated carbocycles. The van der Waals surface area contributed by atoms with Gasteiger partial charge < -0.3 is 16.4 Å². The first-order valence-electron chi connectivity index (χ1n) is 6.50. The Morgan fingerprint density at radius 1 is 1.33 bits per heavy atom. The Hall–Kier alpha value is -1.55. The zero-order valence-electron chi connectivity index (χ0n) is 10.8. The first-order valence-corrected chi connectivity index (χ1v) is 6.50. The minimum atomic E-state index is -0.140. The Kier molecular flexibility index (Phi) is 4.20. The molecular weight excluding hydrogens is 226 g/mol. The Morgan fingerprint density at radius 2 is 2.06 bits per heavy atom. The van der Waals surface area contributed by atoms with Crippen molar-refractivity contribution in [2.75, 3.05) is 11.9 Å². The number of aryl methyl sites for hydroxylation is 1. The zero-order valence-corrected chi connectivity index (χ0v) is 10.8. The van der Waals surface area contributed by atoms with E-state index in [0.29, 0.717) is 18.5 Å². The minimum absolute atomic E-state index is 0.140. The van der Waals surface area contributed by atoms with Gasteiger partial charge in [-0.3, -0.25) is 0 Å². The number of anilines is 1. The summed E-state index contributed by atoms with van der Waals surface area (Å²) in [5.41, 5.74) is 7.84. The topological polar surface area (TPSA) is 67.2 Å². The van der Waals surface area contributed by atoms with E-state index < -0.39 is 0 Å². The first kappa shape index (κ1) is 12.9. The molecule has 0 bridgehead atoms. The van der Waals surface area contributed by atoms with Crippen molar-refractivity contribution >= 4 is 11.7 Å². The highest BCUT2D eigenvalue weighted by atomic mass is 16.2. The monoisotopic (exact) mass is 247 g/mol. The standard InChI is InChI=1S/C14H21N3O/c1-10-2-6-13(7-3-10)17-14(18)16-9-11-4-5-12(15)8-11/h2-3,6-7,11-12H,4-5,8-9,15H2,1H3,(H2,16,17,18). The lowest BCUT2D eigenvalue weighted by atomic mass is 10.1. The van der Waals surface area contributed by atoms with Gasteiger partial charge in [-0.25, -0.2) is 4.79 Å². The highest BCUT2D eigenvalue weighted by molar-refractivity contribution is 5.89. The maximum atomic E-state index is 11.7. The lowest BCUT2D eigenvalue weighted by molar-refractivity contribution is 0.250. The second-order valence-corrected chi connectivity index (χ2v) is 5.14. The van der Waals surface area contributed by atoms with Crippen molar-refractivity contribution in [2.24, 2.45) is 11.7 Å². The van der Waals surface area contributed by atoms with Crippen LogP contribution >= 0.6 is 0 Å². The molecule has 0 spiro atoms. The number of amides is 2. The van der Waals surface area contributed by atoms with Crippen LogP contribution in [-0.4, -0.2) is 18.6 Å². The van der Waals surface area contributed by atoms with Gasteiger partial charge in [0.25, 0.3) is 0 Å². The van der Waals surface area contributed by atoms with Gasteiger partial charge in [-0.2, -0.15) is 0 Å². The number of benzene rings is 1. The van der Waals surface area contributed by atoms with Crippen LogP contribution in [0, 0.1) is 12.8 Å². The van der Waals surface area contributed by atoms with Gasteiger partial charge in [-0.15, -0.1) is 0 Å². The molecule has 4 N–H and O–H groups in total. The Balaban J connectivity index is 1.73. The molecule has 18 heavy (non-hydrogen) atoms. The fraction of sp³-hybridized carbons (Fsp3) is 0.500. The third-order valence-corrected chi connectivity index (χ3v) is 3.44. The predicted molar refractivity (Wildman–Crippen MR) is 73.5 cm³/mol. The average molecular weight is 247 g/mol. The summed E-state index contributed by atoms with van der Waals surface area (Å²) in [4.78, 5) is 11.7. The molecule has 2 amide bonds. The van der Waals surface area contributed by atoms with Gasteiger partial charge in [-0.05, 0) is 44.2 Å². The minimum Gasteiger partial charge on any atom is -0.338 e. The summed E-state index contributed by atoms with van der Waals surface area (Å²) in [7, 11) is 0. The second kappa shape index (κ2) is 5.87. The van der Waals surface area contributed by atoms with E-state index in [1.54, 1.807) is 0 Å². The van der Waals surface area contributed by atoms with Crippen molar-refractivity contribution in [3.63, 3.8) is 0 Å². The van der Waals surface area contributed by atoms with Crippen molar-refractivity contribution in [1.29, 1.82) is 0 Å². The molecule has 0 aromatic heterocycles. The van der Waals surface area contributed by atoms with Crippen molar-refractivity contribution < 1.29 is 4.79 Å². The Bertz CT molecular complexity index is 402. The SMILES string of the molecule is Cc1ccc(NC(=O)NCC2CCC(N)C2)cc1. The number of hydrogen-bond donors (Lipinski definition) is 3. The summed E-state index contributed by atoms with van der Waals surface area (Å²) in [5.74, 6) is 0.531. The van der Waals surface area contributed by atoms with Crippen molar-refractivity contribution in [2.45, 2.75) is 32.2 Å². The third-order valence-electron chi connectivity index (χ3n) is 3.44. The van der Waals surface area contributed by atoms with Crippen LogP contribution < -0.4 is 16.4 Å². The van der Waals surface area contributed by atoms with Crippen LogP contribution in [0.3, 0.4) is 0 Å². The van der Waals surface area contributed by atoms with Crippen LogP contribution in [0.2, 0.25) is 0 Å². The second-order valence-electron chi connectivity index (χ2n) is 5.14. The fourth-order valence-corrected chi connectivity index (χ4v) is 2.35. The van der Waals surface area contributed by atoms with Gasteiger partial charge in [0, 0.05) is 18.3 Å². The van der Waals surface area contributed by atoms with Crippen LogP contribution in [0.25, 0.3) is 0 Å². The summed E-state index contributed by atoms with van der Waals surface area (Å²) < 4.78 is 0. The molecule has 4 heteroatoms. The van der Waals surface area contributed by atoms with Crippen LogP contribution in [0.5, 0.6) is 0 Å². The number of hydrogen-bond acceptors (Lipinski definition) is 2. The van der Waals surface area contributed by atoms with Gasteiger partial charge in [0.1, 0.15) is 0 Å². The van der Waals surface area contributed by atoms with Crippen LogP contribution in [0.15, 0.2) is 24.3 Å². The molecule has 2 unspecified atom stereocenters. The number of nitrogens with one attached hydrogen (secondary N) is 2. The molecule has 0 radical (unpaired) electrons. The quantitative estimate of drug-likeness (QED) is 0.767. The van der Waals surface area contributed by atoms with E-state index in [-0.39, 0.29) is 6.03 Å². The molecule has 1 aliphatic rings. The van der Waals surface area contributed by atoms with E-state index in [1.807, 2.05) is 31.2 Å². The fourth-order valence-electron chi connectivity index (χ4n) is 2.35. The molecule has 0 heterocycles. The highest BCUT2D eigenvalue weighted by Gasteiger charge is 2.21. The van der Waals surface area contributed by atoms with Crippen LogP contribution in [0.4, 0.5) is 10.5 Å². The predicted octanol–water partition coefficient (Wildman–Crippen LogP) is 2.24. The van der Waals surface area contributed by atoms with Gasteiger partial charge in [-0.1, -0.05) is 17.7 Å². The molecule has 0 aliphatic heterocycles. The lowest BCUT2D eigenvalue weighted by Gasteiger charge is -2.12. The van der Waals surface area contributed by atoms with E-state index in [2.05, 4.69) is 10.6 Å². The number of rotatable bonds is 3. The van der Waals surface area contributed by atoms with Gasteiger partial charge in [0.15, 0.2) is 0 Å². The van der Waals surface area contributed by atoms with Crippen LogP contribution in [-0.2, 0) is 0 Å². The molecule has 2 atom stereocenters. The highest BCUT2D eigenvalue weighted by Crippen LogP contribution is 2.23. The Labute approximate surface area is 108 Å². The van der Waals surface area contributed by atoms with E-state index in [4.69, 9.17) is 5.73 Å². The number of nitrogens with two attached hydrogens (primary N) is 1. The zero-order chi connectivity index (χ0) is 13.0. The molecule has 4 nitrogen and oxygen atoms in total. The molecule has 1 fully saturated rings. The molecule has 1 aromatic carbocycles. The summed E-state index contributed by atoms with van der Waals surface area (Å²) in [6.45, 7) is 2.73. The van der Waals surface area contributed by atoms with Gasteiger partial charge >= 0.3 is 6.03 Å². The van der Waals surface area contributed by atoms with E-state index in [9.17, 15) is 4.79 Å². The van der Waals surface area contributed by atoms with Crippen molar-refractivity contribution in [3.8, 4) is 0 Å². The smallest absolute Gasteiger partial charge is 0.319 e. The number of carbonyl (C=O) groups excluding carboxylic acids is 1. The van der Waals surface area contributed by atoms with E-state index in [1.165, 1.54) is 5.56 Å². The van der Waals surface area contributed by atoms with E-state index in [0.717, 1.165) is 24.9 Å². The number of carbonyl (C=O) groups is 1. The largest absolute Gasteiger partial charge is 0.338 e. The summed E-state index contributed by atoms with van der Waals surface area (Å²) >= 11 is 0. The number of urea groups is 1. The molecule has 98 valence electrons. The third kappa shape index (κ3) is 3.74. The molecule has 2 rings (SSSR count). The summed E-state index contributed by atoms with van der Waals surface area (Å²) in [6, 6.07) is 7.94. The molecule has 0 saturated heterocycles. The first-order chi connectivity index (χ1) is 8.63. The van der Waals surface area contributed by atoms with E-state index >= 15 is 0 Å². The van der Waals surface area contributed by atoms with Gasteiger partial charge in [0.2, 0.25) is 0 Å². The van der Waals surface area contributed by atoms with Crippen molar-refractivity contribution in [3.05, 3.63) is 29.8 Å². The maximum absolute atomic E-state index is 11.7. The van der Waals surface area contributed by atoms with Crippen molar-refractivity contribution in [1.82, 2.24) is 5.32 Å². The molecule has 1 aliphatic carbocycles. The van der Waals surface area contributed by atoms with Crippen LogP contribution in [0.1, 0.15) is 24.8 Å². The molecule has 1 aromatic rings. The average Bonchev–Trinajstić information content (AvgIpc) is 2.76. The summed E-state index contributed by atoms with van der Waals surface area (Å²) in [5, 5.41) is 5.73. The Morgan fingerprint density at radius 3 is 2.67 bits per heavy atom. The normalized spacial score (nSPS) is 22.8. The summed E-state index contributed by atoms with van der Waals surface area (Å²) in [6.07, 6.45) is 3.21. The maximum Gasteiger partial charge on any atom is 0.319 e. The lowest BCUT2D eigenvalue weighted by Crippen LogP contribution is -2.32. The molecular formula is C14H21N3O.